The molecule has 0 aliphatic heterocycles. The highest BCUT2D eigenvalue weighted by Gasteiger charge is 2.31. The molecule has 7 heteroatoms. The van der Waals surface area contributed by atoms with Gasteiger partial charge in [-0.3, -0.25) is 4.79 Å². The van der Waals surface area contributed by atoms with E-state index >= 15 is 0 Å². The van der Waals surface area contributed by atoms with Gasteiger partial charge in [0.25, 0.3) is 0 Å². The highest BCUT2D eigenvalue weighted by Crippen LogP contribution is 2.38. The van der Waals surface area contributed by atoms with Crippen LogP contribution in [0.25, 0.3) is 21.5 Å². The van der Waals surface area contributed by atoms with Gasteiger partial charge in [-0.2, -0.15) is 0 Å². The fourth-order valence-electron chi connectivity index (χ4n) is 5.73. The Morgan fingerprint density at radius 1 is 0.565 bits per heavy atom. The van der Waals surface area contributed by atoms with Crippen molar-refractivity contribution in [1.29, 1.82) is 0 Å². The van der Waals surface area contributed by atoms with Crippen LogP contribution >= 0.6 is 31.9 Å². The topological polar surface area (TPSA) is 76.0 Å². The van der Waals surface area contributed by atoms with Gasteiger partial charge in [0.2, 0.25) is 0 Å². The number of benzene rings is 6. The van der Waals surface area contributed by atoms with Crippen molar-refractivity contribution < 1.29 is 24.5 Å². The number of phenolic OH excluding ortho intramolecular Hbond substituents is 2. The summed E-state index contributed by atoms with van der Waals surface area (Å²) in [6.07, 6.45) is 0. The Balaban J connectivity index is 1.30. The van der Waals surface area contributed by atoms with Crippen LogP contribution in [0.4, 0.5) is 0 Å². The van der Waals surface area contributed by atoms with Crippen LogP contribution in [0, 0.1) is 0 Å². The largest absolute Gasteiger partial charge is 0.504 e. The fraction of sp³-hybridized carbons (Fsp3) is 0.154. The molecule has 0 spiro atoms. The number of Topliss-reactive ketones (excluding diaryl/α,β-unsaturated/α-hetero) is 1. The van der Waals surface area contributed by atoms with Gasteiger partial charge in [-0.05, 0) is 45.2 Å². The second-order valence-electron chi connectivity index (χ2n) is 11.2. The fourth-order valence-corrected chi connectivity index (χ4v) is 6.43. The lowest BCUT2D eigenvalue weighted by Gasteiger charge is -2.24. The smallest absolute Gasteiger partial charge is 0.165 e. The standard InChI is InChI=1S/C39H32Br2O5/c40-21-25-11-15-31-29(19-25)13-17-35(38(31)43)45-23-33(27-7-3-1-4-8-27)37(42)34(28-9-5-2-6-10-28)24-46-36-18-14-30-20-26(22-41)12-16-32(30)39(36)44/h1-20,33-34,43-44H,21-24H2. The van der Waals surface area contributed by atoms with E-state index in [0.717, 1.165) is 33.0 Å². The number of carbonyl (C=O) groups excluding carboxylic acids is 1. The van der Waals surface area contributed by atoms with Crippen molar-refractivity contribution in [3.05, 3.63) is 144 Å². The maximum Gasteiger partial charge on any atom is 0.165 e. The number of hydrogen-bond donors (Lipinski definition) is 2. The molecule has 0 aromatic heterocycles. The number of hydrogen-bond acceptors (Lipinski definition) is 5. The summed E-state index contributed by atoms with van der Waals surface area (Å²) in [5.74, 6) is -0.718. The van der Waals surface area contributed by atoms with Gasteiger partial charge in [0, 0.05) is 21.4 Å². The molecule has 0 fully saturated rings. The van der Waals surface area contributed by atoms with Gasteiger partial charge in [-0.15, -0.1) is 0 Å². The highest BCUT2D eigenvalue weighted by atomic mass is 79.9. The van der Waals surface area contributed by atoms with E-state index in [0.29, 0.717) is 32.9 Å². The van der Waals surface area contributed by atoms with Gasteiger partial charge in [-0.1, -0.05) is 141 Å². The molecular weight excluding hydrogens is 708 g/mol. The third kappa shape index (κ3) is 6.76. The quantitative estimate of drug-likeness (QED) is 0.122. The number of carbonyl (C=O) groups is 1. The van der Waals surface area contributed by atoms with E-state index in [1.165, 1.54) is 0 Å². The zero-order chi connectivity index (χ0) is 32.0. The first kappa shape index (κ1) is 31.6. The summed E-state index contributed by atoms with van der Waals surface area (Å²) in [5.41, 5.74) is 3.80. The molecule has 2 unspecified atom stereocenters. The Morgan fingerprint density at radius 3 is 1.37 bits per heavy atom. The number of phenols is 2. The van der Waals surface area contributed by atoms with Crippen LogP contribution in [0.3, 0.4) is 0 Å². The maximum atomic E-state index is 14.5. The molecule has 0 aliphatic carbocycles. The zero-order valence-corrected chi connectivity index (χ0v) is 28.1. The monoisotopic (exact) mass is 738 g/mol. The molecule has 0 aliphatic rings. The second kappa shape index (κ2) is 14.4. The van der Waals surface area contributed by atoms with Crippen molar-refractivity contribution in [2.45, 2.75) is 22.5 Å². The molecule has 6 aromatic carbocycles. The molecule has 0 heterocycles. The van der Waals surface area contributed by atoms with Crippen molar-refractivity contribution in [1.82, 2.24) is 0 Å². The molecular formula is C39H32Br2O5. The highest BCUT2D eigenvalue weighted by molar-refractivity contribution is 9.08. The minimum Gasteiger partial charge on any atom is -0.504 e. The summed E-state index contributed by atoms with van der Waals surface area (Å²) in [4.78, 5) is 14.5. The molecule has 0 saturated carbocycles. The molecule has 0 radical (unpaired) electrons. The number of rotatable bonds is 12. The molecule has 6 rings (SSSR count). The first-order chi connectivity index (χ1) is 22.5. The van der Waals surface area contributed by atoms with E-state index in [1.54, 1.807) is 12.1 Å². The Morgan fingerprint density at radius 2 is 0.978 bits per heavy atom. The third-order valence-electron chi connectivity index (χ3n) is 8.25. The zero-order valence-electron chi connectivity index (χ0n) is 24.9. The number of aromatic hydroxyl groups is 2. The van der Waals surface area contributed by atoms with Crippen molar-refractivity contribution in [2.24, 2.45) is 0 Å². The first-order valence-electron chi connectivity index (χ1n) is 15.0. The van der Waals surface area contributed by atoms with E-state index in [-0.39, 0.29) is 30.5 Å². The van der Waals surface area contributed by atoms with Crippen LogP contribution in [-0.4, -0.2) is 29.2 Å². The summed E-state index contributed by atoms with van der Waals surface area (Å²) < 4.78 is 12.4. The predicted octanol–water partition coefficient (Wildman–Crippen LogP) is 9.79. The van der Waals surface area contributed by atoms with Crippen LogP contribution in [-0.2, 0) is 15.5 Å². The Labute approximate surface area is 284 Å². The van der Waals surface area contributed by atoms with Crippen molar-refractivity contribution >= 4 is 59.2 Å². The van der Waals surface area contributed by atoms with Gasteiger partial charge in [-0.25, -0.2) is 0 Å². The third-order valence-corrected chi connectivity index (χ3v) is 9.54. The molecule has 2 atom stereocenters. The number of halogens is 2. The lowest BCUT2D eigenvalue weighted by Crippen LogP contribution is -2.29. The van der Waals surface area contributed by atoms with Crippen LogP contribution < -0.4 is 9.47 Å². The van der Waals surface area contributed by atoms with E-state index in [1.807, 2.05) is 109 Å². The number of alkyl halides is 2. The Hall–Kier alpha value is -4.33. The summed E-state index contributed by atoms with van der Waals surface area (Å²) in [6.45, 7) is 0.0315. The number of fused-ring (bicyclic) bond motifs is 2. The van der Waals surface area contributed by atoms with E-state index < -0.39 is 11.8 Å². The van der Waals surface area contributed by atoms with Gasteiger partial charge >= 0.3 is 0 Å². The van der Waals surface area contributed by atoms with Crippen LogP contribution in [0.2, 0.25) is 0 Å². The Kier molecular flexibility index (Phi) is 9.91. The van der Waals surface area contributed by atoms with E-state index in [4.69, 9.17) is 9.47 Å². The van der Waals surface area contributed by atoms with Crippen LogP contribution in [0.15, 0.2) is 121 Å². The number of ketones is 1. The lowest BCUT2D eigenvalue weighted by molar-refractivity contribution is -0.123. The van der Waals surface area contributed by atoms with Gasteiger partial charge in [0.15, 0.2) is 28.8 Å². The van der Waals surface area contributed by atoms with Crippen molar-refractivity contribution in [3.63, 3.8) is 0 Å². The lowest BCUT2D eigenvalue weighted by atomic mass is 9.84. The maximum absolute atomic E-state index is 14.5. The molecule has 2 N–H and O–H groups in total. The minimum absolute atomic E-state index is 0.0157. The molecule has 0 amide bonds. The predicted molar refractivity (Wildman–Crippen MR) is 191 cm³/mol. The van der Waals surface area contributed by atoms with E-state index in [2.05, 4.69) is 31.9 Å². The Bertz CT molecular complexity index is 1840. The average Bonchev–Trinajstić information content (AvgIpc) is 3.10. The summed E-state index contributed by atoms with van der Waals surface area (Å²) in [6, 6.07) is 38.0. The van der Waals surface area contributed by atoms with Crippen LogP contribution in [0.1, 0.15) is 34.1 Å². The summed E-state index contributed by atoms with van der Waals surface area (Å²) in [7, 11) is 0. The molecule has 46 heavy (non-hydrogen) atoms. The molecule has 5 nitrogen and oxygen atoms in total. The van der Waals surface area contributed by atoms with Gasteiger partial charge < -0.3 is 19.7 Å². The van der Waals surface area contributed by atoms with Crippen molar-refractivity contribution in [2.75, 3.05) is 13.2 Å². The summed E-state index contributed by atoms with van der Waals surface area (Å²) in [5, 5.41) is 26.8. The summed E-state index contributed by atoms with van der Waals surface area (Å²) >= 11 is 6.96. The average molecular weight is 740 g/mol. The van der Waals surface area contributed by atoms with Gasteiger partial charge in [0.05, 0.1) is 11.8 Å². The first-order valence-corrected chi connectivity index (χ1v) is 17.2. The SMILES string of the molecule is O=C(C(COc1ccc2cc(CBr)ccc2c1O)c1ccccc1)C(COc1ccc2cc(CBr)ccc2c1O)c1ccccc1. The molecule has 6 aromatic rings. The van der Waals surface area contributed by atoms with Crippen molar-refractivity contribution in [3.8, 4) is 23.0 Å². The van der Waals surface area contributed by atoms with E-state index in [9.17, 15) is 15.0 Å². The molecule has 0 saturated heterocycles. The van der Waals surface area contributed by atoms with Crippen LogP contribution in [0.5, 0.6) is 23.0 Å². The second-order valence-corrected chi connectivity index (χ2v) is 12.3. The molecule has 232 valence electrons. The number of ether oxygens (including phenoxy) is 2. The normalized spacial score (nSPS) is 12.6. The minimum atomic E-state index is -0.659. The van der Waals surface area contributed by atoms with Gasteiger partial charge in [0.1, 0.15) is 13.2 Å². The molecule has 0 bridgehead atoms.